The van der Waals surface area contributed by atoms with Crippen LogP contribution >= 0.6 is 0 Å². The van der Waals surface area contributed by atoms with Gasteiger partial charge in [0.15, 0.2) is 0 Å². The van der Waals surface area contributed by atoms with Crippen LogP contribution in [0, 0.1) is 5.82 Å². The second-order valence-corrected chi connectivity index (χ2v) is 9.77. The van der Waals surface area contributed by atoms with Gasteiger partial charge in [0.1, 0.15) is 11.9 Å². The average molecular weight is 468 g/mol. The summed E-state index contributed by atoms with van der Waals surface area (Å²) in [5.41, 5.74) is 1.61. The largest absolute Gasteiger partial charge is 0.324 e. The number of benzene rings is 3. The maximum absolute atomic E-state index is 13.2. The van der Waals surface area contributed by atoms with Crippen molar-refractivity contribution in [3.8, 4) is 0 Å². The Kier molecular flexibility index (Phi) is 7.17. The molecule has 1 atom stereocenters. The maximum Gasteiger partial charge on any atom is 0.246 e. The standard InChI is InChI=1S/C25H26FN3O3S/c26-20-11-13-23(14-12-20)33(31,32)28-22-15-17-29(18-16-22)24(19-7-3-1-4-8-19)25(30)27-21-9-5-2-6-10-21/h1-14,22,24,28H,15-18H2,(H,27,30). The number of nitrogens with one attached hydrogen (secondary N) is 2. The van der Waals surface area contributed by atoms with Gasteiger partial charge in [0.2, 0.25) is 15.9 Å². The summed E-state index contributed by atoms with van der Waals surface area (Å²) in [4.78, 5) is 15.4. The fraction of sp³-hybridized carbons (Fsp3) is 0.240. The summed E-state index contributed by atoms with van der Waals surface area (Å²) in [5, 5.41) is 2.99. The molecule has 1 aliphatic rings. The van der Waals surface area contributed by atoms with Gasteiger partial charge in [-0.1, -0.05) is 48.5 Å². The Hall–Kier alpha value is -3.07. The molecule has 1 unspecified atom stereocenters. The minimum atomic E-state index is -3.74. The first-order valence-corrected chi connectivity index (χ1v) is 12.3. The summed E-state index contributed by atoms with van der Waals surface area (Å²) in [6, 6.07) is 22.9. The highest BCUT2D eigenvalue weighted by molar-refractivity contribution is 7.89. The zero-order chi connectivity index (χ0) is 23.3. The van der Waals surface area contributed by atoms with Gasteiger partial charge in [-0.25, -0.2) is 17.5 Å². The van der Waals surface area contributed by atoms with Gasteiger partial charge in [0, 0.05) is 24.8 Å². The van der Waals surface area contributed by atoms with Crippen molar-refractivity contribution < 1.29 is 17.6 Å². The first-order valence-electron chi connectivity index (χ1n) is 10.9. The van der Waals surface area contributed by atoms with Gasteiger partial charge < -0.3 is 5.32 Å². The van der Waals surface area contributed by atoms with Gasteiger partial charge in [0.05, 0.1) is 4.90 Å². The van der Waals surface area contributed by atoms with Crippen molar-refractivity contribution in [2.24, 2.45) is 0 Å². The topological polar surface area (TPSA) is 78.5 Å². The van der Waals surface area contributed by atoms with Crippen LogP contribution in [0.15, 0.2) is 89.8 Å². The monoisotopic (exact) mass is 467 g/mol. The van der Waals surface area contributed by atoms with Crippen molar-refractivity contribution in [2.45, 2.75) is 29.8 Å². The Morgan fingerprint density at radius 1 is 0.879 bits per heavy atom. The molecular weight excluding hydrogens is 441 g/mol. The lowest BCUT2D eigenvalue weighted by atomic mass is 9.99. The molecule has 0 aromatic heterocycles. The molecule has 0 bridgehead atoms. The van der Waals surface area contributed by atoms with Crippen molar-refractivity contribution in [3.63, 3.8) is 0 Å². The number of rotatable bonds is 7. The van der Waals surface area contributed by atoms with Crippen LogP contribution in [0.1, 0.15) is 24.4 Å². The summed E-state index contributed by atoms with van der Waals surface area (Å²) < 4.78 is 41.2. The molecule has 172 valence electrons. The van der Waals surface area contributed by atoms with Crippen molar-refractivity contribution in [1.82, 2.24) is 9.62 Å². The molecule has 0 radical (unpaired) electrons. The molecular formula is C25H26FN3O3S. The SMILES string of the molecule is O=C(Nc1ccccc1)C(c1ccccc1)N1CCC(NS(=O)(=O)c2ccc(F)cc2)CC1. The number of hydrogen-bond acceptors (Lipinski definition) is 4. The molecule has 1 saturated heterocycles. The summed E-state index contributed by atoms with van der Waals surface area (Å²) in [7, 11) is -3.74. The lowest BCUT2D eigenvalue weighted by Gasteiger charge is -2.37. The molecule has 3 aromatic carbocycles. The van der Waals surface area contributed by atoms with Gasteiger partial charge in [0.25, 0.3) is 0 Å². The first-order chi connectivity index (χ1) is 15.9. The summed E-state index contributed by atoms with van der Waals surface area (Å²) >= 11 is 0. The molecule has 0 saturated carbocycles. The molecule has 3 aromatic rings. The van der Waals surface area contributed by atoms with Crippen molar-refractivity contribution in [1.29, 1.82) is 0 Å². The molecule has 1 heterocycles. The second kappa shape index (κ2) is 10.2. The Morgan fingerprint density at radius 2 is 1.45 bits per heavy atom. The minimum absolute atomic E-state index is 0.0377. The maximum atomic E-state index is 13.2. The summed E-state index contributed by atoms with van der Waals surface area (Å²) in [6.07, 6.45) is 1.12. The van der Waals surface area contributed by atoms with Gasteiger partial charge in [-0.2, -0.15) is 0 Å². The highest BCUT2D eigenvalue weighted by atomic mass is 32.2. The van der Waals surface area contributed by atoms with Crippen molar-refractivity contribution >= 4 is 21.6 Å². The molecule has 2 N–H and O–H groups in total. The van der Waals surface area contributed by atoms with E-state index in [1.165, 1.54) is 12.1 Å². The number of piperidine rings is 1. The predicted molar refractivity (Wildman–Crippen MR) is 126 cm³/mol. The van der Waals surface area contributed by atoms with Gasteiger partial charge in [-0.05, 0) is 54.8 Å². The van der Waals surface area contributed by atoms with Crippen LogP contribution in [0.25, 0.3) is 0 Å². The van der Waals surface area contributed by atoms with E-state index in [4.69, 9.17) is 0 Å². The predicted octanol–water partition coefficient (Wildman–Crippen LogP) is 3.95. The number of hydrogen-bond donors (Lipinski definition) is 2. The van der Waals surface area contributed by atoms with E-state index in [1.807, 2.05) is 60.7 Å². The summed E-state index contributed by atoms with van der Waals surface area (Å²) in [6.45, 7) is 1.11. The quantitative estimate of drug-likeness (QED) is 0.552. The lowest BCUT2D eigenvalue weighted by Crippen LogP contribution is -2.47. The number of carbonyl (C=O) groups excluding carboxylic acids is 1. The minimum Gasteiger partial charge on any atom is -0.324 e. The van der Waals surface area contributed by atoms with Gasteiger partial charge in [-0.3, -0.25) is 9.69 Å². The van der Waals surface area contributed by atoms with Crippen LogP contribution in [-0.4, -0.2) is 38.4 Å². The molecule has 0 aliphatic carbocycles. The highest BCUT2D eigenvalue weighted by Crippen LogP contribution is 2.27. The third-order valence-electron chi connectivity index (χ3n) is 5.75. The number of amides is 1. The van der Waals surface area contributed by atoms with Crippen LogP contribution < -0.4 is 10.0 Å². The molecule has 1 fully saturated rings. The van der Waals surface area contributed by atoms with E-state index in [0.29, 0.717) is 25.9 Å². The third kappa shape index (κ3) is 5.84. The van der Waals surface area contributed by atoms with Crippen molar-refractivity contribution in [2.75, 3.05) is 18.4 Å². The number of sulfonamides is 1. The van der Waals surface area contributed by atoms with Crippen LogP contribution in [0.3, 0.4) is 0 Å². The number of halogens is 1. The molecule has 8 heteroatoms. The molecule has 0 spiro atoms. The van der Waals surface area contributed by atoms with Crippen LogP contribution in [0.2, 0.25) is 0 Å². The first kappa shape index (κ1) is 23.1. The fourth-order valence-corrected chi connectivity index (χ4v) is 5.38. The molecule has 33 heavy (non-hydrogen) atoms. The second-order valence-electron chi connectivity index (χ2n) is 8.05. The van der Waals surface area contributed by atoms with Crippen LogP contribution in [-0.2, 0) is 14.8 Å². The zero-order valence-corrected chi connectivity index (χ0v) is 18.8. The summed E-state index contributed by atoms with van der Waals surface area (Å²) in [5.74, 6) is -0.610. The van der Waals surface area contributed by atoms with Gasteiger partial charge >= 0.3 is 0 Å². The fourth-order valence-electron chi connectivity index (χ4n) is 4.07. The number of likely N-dealkylation sites (tertiary alicyclic amines) is 1. The van der Waals surface area contributed by atoms with Crippen LogP contribution in [0.4, 0.5) is 10.1 Å². The zero-order valence-electron chi connectivity index (χ0n) is 18.0. The van der Waals surface area contributed by atoms with E-state index in [-0.39, 0.29) is 16.8 Å². The Bertz CT molecular complexity index is 1160. The normalized spacial score (nSPS) is 16.3. The number of nitrogens with zero attached hydrogens (tertiary/aromatic N) is 1. The Balaban J connectivity index is 1.44. The number of carbonyl (C=O) groups is 1. The molecule has 6 nitrogen and oxygen atoms in total. The Labute approximate surface area is 193 Å². The van der Waals surface area contributed by atoms with E-state index in [9.17, 15) is 17.6 Å². The van der Waals surface area contributed by atoms with E-state index in [1.54, 1.807) is 0 Å². The third-order valence-corrected chi connectivity index (χ3v) is 7.28. The smallest absolute Gasteiger partial charge is 0.246 e. The Morgan fingerprint density at radius 3 is 2.06 bits per heavy atom. The van der Waals surface area contributed by atoms with E-state index < -0.39 is 21.9 Å². The van der Waals surface area contributed by atoms with E-state index >= 15 is 0 Å². The van der Waals surface area contributed by atoms with Crippen molar-refractivity contribution in [3.05, 3.63) is 96.3 Å². The van der Waals surface area contributed by atoms with E-state index in [2.05, 4.69) is 14.9 Å². The number of para-hydroxylation sites is 1. The highest BCUT2D eigenvalue weighted by Gasteiger charge is 2.32. The molecule has 1 aliphatic heterocycles. The van der Waals surface area contributed by atoms with Crippen LogP contribution in [0.5, 0.6) is 0 Å². The number of anilines is 1. The lowest BCUT2D eigenvalue weighted by molar-refractivity contribution is -0.122. The molecule has 4 rings (SSSR count). The van der Waals surface area contributed by atoms with E-state index in [0.717, 1.165) is 23.4 Å². The van der Waals surface area contributed by atoms with Gasteiger partial charge in [-0.15, -0.1) is 0 Å². The average Bonchev–Trinajstić information content (AvgIpc) is 2.82. The molecule has 1 amide bonds.